The van der Waals surface area contributed by atoms with Gasteiger partial charge in [-0.25, -0.2) is 0 Å². The van der Waals surface area contributed by atoms with Crippen molar-refractivity contribution in [3.05, 3.63) is 0 Å². The minimum atomic E-state index is -0.481. The summed E-state index contributed by atoms with van der Waals surface area (Å²) in [7, 11) is 5.22. The minimum absolute atomic E-state index is 0.106. The lowest BCUT2D eigenvalue weighted by Gasteiger charge is -2.03. The third-order valence-corrected chi connectivity index (χ3v) is 1.05. The molecule has 3 heteroatoms. The fourth-order valence-corrected chi connectivity index (χ4v) is 0.540. The molecule has 0 spiro atoms. The van der Waals surface area contributed by atoms with E-state index >= 15 is 0 Å². The van der Waals surface area contributed by atoms with E-state index in [1.807, 2.05) is 0 Å². The van der Waals surface area contributed by atoms with Crippen LogP contribution in [-0.2, 0) is 9.59 Å². The molecule has 9 heavy (non-hydrogen) atoms. The first-order valence-electron chi connectivity index (χ1n) is 2.87. The second-order valence-corrected chi connectivity index (χ2v) is 2.15. The number of carbonyl (C=O) groups is 2. The van der Waals surface area contributed by atoms with Crippen LogP contribution in [0.1, 0.15) is 13.3 Å². The van der Waals surface area contributed by atoms with E-state index in [2.05, 4.69) is 0 Å². The zero-order valence-electron chi connectivity index (χ0n) is 5.41. The third kappa shape index (κ3) is 3.95. The van der Waals surface area contributed by atoms with Crippen molar-refractivity contribution in [3.63, 3.8) is 0 Å². The molecular weight excluding hydrogens is 115 g/mol. The summed E-state index contributed by atoms with van der Waals surface area (Å²) in [6, 6.07) is 0. The van der Waals surface area contributed by atoms with Crippen LogP contribution < -0.4 is 0 Å². The monoisotopic (exact) mass is 124 g/mol. The smallest absolute Gasteiger partial charge is 0.122 e. The Bertz CT molecular complexity index is 91.2. The van der Waals surface area contributed by atoms with Gasteiger partial charge in [0.2, 0.25) is 0 Å². The molecule has 0 aromatic heterocycles. The highest BCUT2D eigenvalue weighted by atomic mass is 16.1. The predicted octanol–water partition coefficient (Wildman–Crippen LogP) is 0.367. The Morgan fingerprint density at radius 3 is 2.33 bits per heavy atom. The van der Waals surface area contributed by atoms with Crippen LogP contribution >= 0.6 is 0 Å². The summed E-state index contributed by atoms with van der Waals surface area (Å²) in [5.41, 5.74) is 0. The van der Waals surface area contributed by atoms with Crippen molar-refractivity contribution in [2.24, 2.45) is 5.92 Å². The molecule has 2 unspecified atom stereocenters. The normalized spacial score (nSPS) is 16.1. The Kier molecular flexibility index (Phi) is 4.02. The van der Waals surface area contributed by atoms with Gasteiger partial charge in [0.15, 0.2) is 0 Å². The Morgan fingerprint density at radius 2 is 2.00 bits per heavy atom. The molecule has 0 aliphatic carbocycles. The molecule has 0 aromatic rings. The van der Waals surface area contributed by atoms with Gasteiger partial charge >= 0.3 is 0 Å². The molecule has 0 aromatic carbocycles. The zero-order valence-corrected chi connectivity index (χ0v) is 5.41. The number of rotatable bonds is 4. The molecule has 0 aliphatic heterocycles. The first-order valence-corrected chi connectivity index (χ1v) is 2.87. The van der Waals surface area contributed by atoms with E-state index in [-0.39, 0.29) is 5.92 Å². The second kappa shape index (κ2) is 4.30. The molecule has 0 aliphatic rings. The number of carbonyl (C=O) groups excluding carboxylic acids is 2. The van der Waals surface area contributed by atoms with Gasteiger partial charge < -0.3 is 9.59 Å². The van der Waals surface area contributed by atoms with Crippen molar-refractivity contribution in [1.29, 1.82) is 0 Å². The van der Waals surface area contributed by atoms with E-state index in [9.17, 15) is 9.59 Å². The van der Waals surface area contributed by atoms with Crippen LogP contribution in [0.15, 0.2) is 0 Å². The van der Waals surface area contributed by atoms with E-state index in [1.165, 1.54) is 0 Å². The Hall–Kier alpha value is -0.595. The molecule has 48 valence electrons. The van der Waals surface area contributed by atoms with E-state index in [0.29, 0.717) is 12.7 Å². The van der Waals surface area contributed by atoms with Crippen LogP contribution in [0.25, 0.3) is 0 Å². The maximum absolute atomic E-state index is 9.98. The van der Waals surface area contributed by atoms with Gasteiger partial charge in [-0.05, 0) is 12.2 Å². The SMILES string of the molecule is [B]C(C=O)CC(C)C=O. The van der Waals surface area contributed by atoms with Gasteiger partial charge in [-0.1, -0.05) is 6.92 Å². The quantitative estimate of drug-likeness (QED) is 0.400. The molecule has 0 bridgehead atoms. The Balaban J connectivity index is 3.45. The molecule has 0 N–H and O–H groups in total. The highest BCUT2D eigenvalue weighted by molar-refractivity contribution is 6.19. The van der Waals surface area contributed by atoms with Crippen molar-refractivity contribution >= 4 is 20.4 Å². The summed E-state index contributed by atoms with van der Waals surface area (Å²) in [4.78, 5) is 19.9. The summed E-state index contributed by atoms with van der Waals surface area (Å²) in [6.07, 6.45) is 1.90. The zero-order chi connectivity index (χ0) is 7.28. The summed E-state index contributed by atoms with van der Waals surface area (Å²) in [6.45, 7) is 1.73. The van der Waals surface area contributed by atoms with E-state index < -0.39 is 5.82 Å². The molecular formula is C6H9BO2. The van der Waals surface area contributed by atoms with E-state index in [1.54, 1.807) is 6.92 Å². The summed E-state index contributed by atoms with van der Waals surface area (Å²) in [5, 5.41) is 0. The van der Waals surface area contributed by atoms with Crippen LogP contribution in [0.5, 0.6) is 0 Å². The molecule has 0 amide bonds. The number of hydrogen-bond acceptors (Lipinski definition) is 2. The van der Waals surface area contributed by atoms with E-state index in [0.717, 1.165) is 6.29 Å². The van der Waals surface area contributed by atoms with Gasteiger partial charge in [0.25, 0.3) is 0 Å². The van der Waals surface area contributed by atoms with Crippen molar-refractivity contribution in [2.45, 2.75) is 19.2 Å². The number of aldehydes is 2. The highest BCUT2D eigenvalue weighted by Crippen LogP contribution is 2.08. The lowest BCUT2D eigenvalue weighted by atomic mass is 9.82. The van der Waals surface area contributed by atoms with Gasteiger partial charge in [-0.2, -0.15) is 0 Å². The Labute approximate surface area is 56.0 Å². The van der Waals surface area contributed by atoms with Crippen LogP contribution in [0, 0.1) is 5.92 Å². The molecule has 2 atom stereocenters. The largest absolute Gasteiger partial charge is 0.304 e. The lowest BCUT2D eigenvalue weighted by molar-refractivity contribution is -0.111. The minimum Gasteiger partial charge on any atom is -0.304 e. The molecule has 0 heterocycles. The summed E-state index contributed by atoms with van der Waals surface area (Å²) >= 11 is 0. The van der Waals surface area contributed by atoms with Crippen molar-refractivity contribution in [2.75, 3.05) is 0 Å². The summed E-state index contributed by atoms with van der Waals surface area (Å²) < 4.78 is 0. The number of hydrogen-bond donors (Lipinski definition) is 0. The van der Waals surface area contributed by atoms with Crippen LogP contribution in [-0.4, -0.2) is 20.4 Å². The molecule has 2 radical (unpaired) electrons. The maximum Gasteiger partial charge on any atom is 0.122 e. The van der Waals surface area contributed by atoms with Gasteiger partial charge in [0.1, 0.15) is 12.6 Å². The average Bonchev–Trinajstić information content (AvgIpc) is 1.87. The van der Waals surface area contributed by atoms with Gasteiger partial charge in [-0.3, -0.25) is 0 Å². The first-order chi connectivity index (χ1) is 4.20. The van der Waals surface area contributed by atoms with Crippen molar-refractivity contribution < 1.29 is 9.59 Å². The molecule has 0 saturated carbocycles. The first kappa shape index (κ1) is 8.40. The fourth-order valence-electron chi connectivity index (χ4n) is 0.540. The van der Waals surface area contributed by atoms with E-state index in [4.69, 9.17) is 7.85 Å². The maximum atomic E-state index is 9.98. The molecule has 0 fully saturated rings. The van der Waals surface area contributed by atoms with Crippen LogP contribution in [0.3, 0.4) is 0 Å². The van der Waals surface area contributed by atoms with Crippen molar-refractivity contribution in [1.82, 2.24) is 0 Å². The highest BCUT2D eigenvalue weighted by Gasteiger charge is 2.04. The summed E-state index contributed by atoms with van der Waals surface area (Å²) in [5.74, 6) is -0.588. The molecule has 0 rings (SSSR count). The van der Waals surface area contributed by atoms with Crippen molar-refractivity contribution in [3.8, 4) is 0 Å². The second-order valence-electron chi connectivity index (χ2n) is 2.15. The lowest BCUT2D eigenvalue weighted by Crippen LogP contribution is -2.02. The fraction of sp³-hybridized carbons (Fsp3) is 0.667. The molecule has 0 saturated heterocycles. The standard InChI is InChI=1S/C6H9BO2/c1-5(3-8)2-6(7)4-9/h3-6H,2H2,1H3. The van der Waals surface area contributed by atoms with Gasteiger partial charge in [0, 0.05) is 5.92 Å². The van der Waals surface area contributed by atoms with Crippen LogP contribution in [0.4, 0.5) is 0 Å². The third-order valence-electron chi connectivity index (χ3n) is 1.05. The predicted molar refractivity (Wildman–Crippen MR) is 35.4 cm³/mol. The van der Waals surface area contributed by atoms with Gasteiger partial charge in [0.05, 0.1) is 7.85 Å². The topological polar surface area (TPSA) is 34.1 Å². The van der Waals surface area contributed by atoms with Gasteiger partial charge in [-0.15, -0.1) is 0 Å². The Morgan fingerprint density at radius 1 is 1.44 bits per heavy atom. The van der Waals surface area contributed by atoms with Crippen LogP contribution in [0.2, 0.25) is 5.82 Å². The average molecular weight is 124 g/mol. The molecule has 2 nitrogen and oxygen atoms in total.